The molecule has 1 atom stereocenters. The van der Waals surface area contributed by atoms with Crippen LogP contribution in [0.5, 0.6) is 0 Å². The fourth-order valence-electron chi connectivity index (χ4n) is 2.40. The summed E-state index contributed by atoms with van der Waals surface area (Å²) in [5, 5.41) is 3.41. The molecule has 1 heterocycles. The molecule has 0 aliphatic carbocycles. The molecule has 2 nitrogen and oxygen atoms in total. The molecule has 0 radical (unpaired) electrons. The van der Waals surface area contributed by atoms with Crippen LogP contribution in [0.15, 0.2) is 53.1 Å². The molecule has 19 heavy (non-hydrogen) atoms. The van der Waals surface area contributed by atoms with Crippen molar-refractivity contribution in [2.75, 3.05) is 7.05 Å². The lowest BCUT2D eigenvalue weighted by Gasteiger charge is -2.15. The maximum absolute atomic E-state index is 5.37. The summed E-state index contributed by atoms with van der Waals surface area (Å²) in [7, 11) is 2.05. The Kier molecular flexibility index (Phi) is 5.70. The molecule has 2 rings (SSSR count). The normalized spacial score (nSPS) is 12.5. The fraction of sp³-hybridized carbons (Fsp3) is 0.412. The standard InChI is InChI=1S/C17H23NO/c1-18-16(12-13-17-11-6-14-19-17)10-5-9-15-7-3-2-4-8-15/h2-4,6-8,11,14,16,18H,5,9-10,12-13H2,1H3. The molecule has 0 saturated carbocycles. The number of benzene rings is 1. The molecule has 0 saturated heterocycles. The van der Waals surface area contributed by atoms with E-state index in [9.17, 15) is 0 Å². The van der Waals surface area contributed by atoms with Crippen LogP contribution >= 0.6 is 0 Å². The smallest absolute Gasteiger partial charge is 0.103 e. The molecular weight excluding hydrogens is 234 g/mol. The van der Waals surface area contributed by atoms with E-state index in [1.807, 2.05) is 6.07 Å². The zero-order valence-electron chi connectivity index (χ0n) is 11.6. The molecule has 1 N–H and O–H groups in total. The van der Waals surface area contributed by atoms with Gasteiger partial charge in [0.15, 0.2) is 0 Å². The molecule has 0 bridgehead atoms. The van der Waals surface area contributed by atoms with Crippen LogP contribution in [-0.2, 0) is 12.8 Å². The highest BCUT2D eigenvalue weighted by Crippen LogP contribution is 2.11. The highest BCUT2D eigenvalue weighted by atomic mass is 16.3. The molecule has 0 amide bonds. The number of hydrogen-bond acceptors (Lipinski definition) is 2. The van der Waals surface area contributed by atoms with Gasteiger partial charge in [-0.3, -0.25) is 0 Å². The second-order valence-corrected chi connectivity index (χ2v) is 4.98. The largest absolute Gasteiger partial charge is 0.469 e. The highest BCUT2D eigenvalue weighted by molar-refractivity contribution is 5.14. The van der Waals surface area contributed by atoms with Crippen molar-refractivity contribution in [1.29, 1.82) is 0 Å². The molecule has 102 valence electrons. The average Bonchev–Trinajstić information content (AvgIpc) is 2.97. The lowest BCUT2D eigenvalue weighted by molar-refractivity contribution is 0.439. The molecular formula is C17H23NO. The summed E-state index contributed by atoms with van der Waals surface area (Å²) in [6.07, 6.45) is 7.52. The minimum absolute atomic E-state index is 0.578. The molecule has 0 fully saturated rings. The van der Waals surface area contributed by atoms with Gasteiger partial charge in [0.1, 0.15) is 5.76 Å². The first-order valence-corrected chi connectivity index (χ1v) is 7.12. The van der Waals surface area contributed by atoms with Crippen LogP contribution in [0.1, 0.15) is 30.6 Å². The number of nitrogens with one attached hydrogen (secondary N) is 1. The minimum Gasteiger partial charge on any atom is -0.469 e. The van der Waals surface area contributed by atoms with Gasteiger partial charge in [0.2, 0.25) is 0 Å². The maximum atomic E-state index is 5.37. The summed E-state index contributed by atoms with van der Waals surface area (Å²) < 4.78 is 5.37. The Morgan fingerprint density at radius 1 is 1.00 bits per heavy atom. The summed E-state index contributed by atoms with van der Waals surface area (Å²) in [4.78, 5) is 0. The van der Waals surface area contributed by atoms with Gasteiger partial charge < -0.3 is 9.73 Å². The number of furan rings is 1. The third-order valence-electron chi connectivity index (χ3n) is 3.59. The lowest BCUT2D eigenvalue weighted by Crippen LogP contribution is -2.25. The fourth-order valence-corrected chi connectivity index (χ4v) is 2.40. The van der Waals surface area contributed by atoms with E-state index < -0.39 is 0 Å². The Labute approximate surface area is 115 Å². The lowest BCUT2D eigenvalue weighted by atomic mass is 10.0. The van der Waals surface area contributed by atoms with Gasteiger partial charge in [-0.1, -0.05) is 30.3 Å². The van der Waals surface area contributed by atoms with Crippen molar-refractivity contribution >= 4 is 0 Å². The van der Waals surface area contributed by atoms with Gasteiger partial charge in [-0.05, 0) is 50.4 Å². The van der Waals surface area contributed by atoms with Gasteiger partial charge in [-0.2, -0.15) is 0 Å². The molecule has 2 heteroatoms. The molecule has 1 aromatic heterocycles. The Morgan fingerprint density at radius 2 is 1.84 bits per heavy atom. The van der Waals surface area contributed by atoms with Crippen molar-refractivity contribution in [1.82, 2.24) is 5.32 Å². The number of aryl methyl sites for hydroxylation is 2. The average molecular weight is 257 g/mol. The Hall–Kier alpha value is -1.54. The van der Waals surface area contributed by atoms with Gasteiger partial charge >= 0.3 is 0 Å². The van der Waals surface area contributed by atoms with E-state index in [1.165, 1.54) is 24.8 Å². The molecule has 0 aliphatic heterocycles. The summed E-state index contributed by atoms with van der Waals surface area (Å²) in [5.74, 6) is 1.09. The van der Waals surface area contributed by atoms with Crippen LogP contribution in [0.3, 0.4) is 0 Å². The van der Waals surface area contributed by atoms with Gasteiger partial charge in [0.25, 0.3) is 0 Å². The summed E-state index contributed by atoms with van der Waals surface area (Å²) in [5.41, 5.74) is 1.43. The van der Waals surface area contributed by atoms with Gasteiger partial charge in [-0.15, -0.1) is 0 Å². The number of rotatable bonds is 8. The molecule has 2 aromatic rings. The molecule has 1 aromatic carbocycles. The SMILES string of the molecule is CNC(CCCc1ccccc1)CCc1ccco1. The van der Waals surface area contributed by atoms with E-state index in [-0.39, 0.29) is 0 Å². The van der Waals surface area contributed by atoms with Gasteiger partial charge in [0.05, 0.1) is 6.26 Å². The van der Waals surface area contributed by atoms with Crippen LogP contribution < -0.4 is 5.32 Å². The van der Waals surface area contributed by atoms with Crippen molar-refractivity contribution in [2.24, 2.45) is 0 Å². The van der Waals surface area contributed by atoms with Crippen molar-refractivity contribution in [3.63, 3.8) is 0 Å². The third kappa shape index (κ3) is 4.92. The van der Waals surface area contributed by atoms with Crippen LogP contribution in [-0.4, -0.2) is 13.1 Å². The third-order valence-corrected chi connectivity index (χ3v) is 3.59. The van der Waals surface area contributed by atoms with Crippen molar-refractivity contribution in [3.05, 3.63) is 60.1 Å². The van der Waals surface area contributed by atoms with Crippen LogP contribution in [0.25, 0.3) is 0 Å². The summed E-state index contributed by atoms with van der Waals surface area (Å²) in [6.45, 7) is 0. The first kappa shape index (κ1) is 13.9. The molecule has 0 aliphatic rings. The summed E-state index contributed by atoms with van der Waals surface area (Å²) >= 11 is 0. The second kappa shape index (κ2) is 7.80. The summed E-state index contributed by atoms with van der Waals surface area (Å²) in [6, 6.07) is 15.3. The van der Waals surface area contributed by atoms with Crippen LogP contribution in [0.4, 0.5) is 0 Å². The maximum Gasteiger partial charge on any atom is 0.103 e. The van der Waals surface area contributed by atoms with Crippen LogP contribution in [0.2, 0.25) is 0 Å². The number of hydrogen-bond donors (Lipinski definition) is 1. The van der Waals surface area contributed by atoms with Crippen LogP contribution in [0, 0.1) is 0 Å². The van der Waals surface area contributed by atoms with E-state index >= 15 is 0 Å². The molecule has 0 spiro atoms. The highest BCUT2D eigenvalue weighted by Gasteiger charge is 2.07. The van der Waals surface area contributed by atoms with E-state index in [2.05, 4.69) is 48.8 Å². The second-order valence-electron chi connectivity index (χ2n) is 4.98. The van der Waals surface area contributed by atoms with E-state index in [4.69, 9.17) is 4.42 Å². The van der Waals surface area contributed by atoms with Crippen molar-refractivity contribution in [3.8, 4) is 0 Å². The van der Waals surface area contributed by atoms with Crippen molar-refractivity contribution in [2.45, 2.75) is 38.1 Å². The Morgan fingerprint density at radius 3 is 2.53 bits per heavy atom. The first-order valence-electron chi connectivity index (χ1n) is 7.12. The Balaban J connectivity index is 1.67. The van der Waals surface area contributed by atoms with Gasteiger partial charge in [0, 0.05) is 12.5 Å². The van der Waals surface area contributed by atoms with E-state index in [1.54, 1.807) is 6.26 Å². The molecule has 1 unspecified atom stereocenters. The van der Waals surface area contributed by atoms with E-state index in [0.717, 1.165) is 18.6 Å². The first-order chi connectivity index (χ1) is 9.38. The monoisotopic (exact) mass is 257 g/mol. The predicted molar refractivity (Wildman–Crippen MR) is 79.3 cm³/mol. The zero-order chi connectivity index (χ0) is 13.3. The predicted octanol–water partition coefficient (Wildman–Crippen LogP) is 3.82. The topological polar surface area (TPSA) is 25.2 Å². The van der Waals surface area contributed by atoms with E-state index in [0.29, 0.717) is 6.04 Å². The zero-order valence-corrected chi connectivity index (χ0v) is 11.6. The quantitative estimate of drug-likeness (QED) is 0.777. The minimum atomic E-state index is 0.578. The Bertz CT molecular complexity index is 436. The van der Waals surface area contributed by atoms with Crippen molar-refractivity contribution < 1.29 is 4.42 Å². The van der Waals surface area contributed by atoms with Gasteiger partial charge in [-0.25, -0.2) is 0 Å².